The summed E-state index contributed by atoms with van der Waals surface area (Å²) in [4.78, 5) is 15.0. The normalized spacial score (nSPS) is 15.1. The molecule has 3 aromatic rings. The number of carbonyl (C=O) groups is 1. The van der Waals surface area contributed by atoms with Gasteiger partial charge in [-0.05, 0) is 64.6 Å². The molecule has 0 aromatic heterocycles. The van der Waals surface area contributed by atoms with E-state index in [9.17, 15) is 4.79 Å². The highest BCUT2D eigenvalue weighted by Gasteiger charge is 2.33. The van der Waals surface area contributed by atoms with Gasteiger partial charge >= 0.3 is 0 Å². The first-order chi connectivity index (χ1) is 14.5. The Morgan fingerprint density at radius 2 is 1.80 bits per heavy atom. The number of anilines is 1. The van der Waals surface area contributed by atoms with Gasteiger partial charge < -0.3 is 4.74 Å². The molecule has 0 bridgehead atoms. The van der Waals surface area contributed by atoms with Crippen LogP contribution in [0.3, 0.4) is 0 Å². The van der Waals surface area contributed by atoms with Gasteiger partial charge in [0, 0.05) is 10.6 Å². The zero-order valence-electron chi connectivity index (χ0n) is 15.5. The molecule has 0 unspecified atom stereocenters. The van der Waals surface area contributed by atoms with Crippen LogP contribution in [0, 0.1) is 3.57 Å². The van der Waals surface area contributed by atoms with E-state index in [1.807, 2.05) is 78.9 Å². The first-order valence-corrected chi connectivity index (χ1v) is 11.7. The molecule has 7 heteroatoms. The maximum atomic E-state index is 12.9. The van der Waals surface area contributed by atoms with E-state index in [1.54, 1.807) is 4.90 Å². The number of benzene rings is 3. The van der Waals surface area contributed by atoms with Crippen molar-refractivity contribution in [3.63, 3.8) is 0 Å². The third kappa shape index (κ3) is 4.72. The van der Waals surface area contributed by atoms with E-state index >= 15 is 0 Å². The van der Waals surface area contributed by atoms with Crippen molar-refractivity contribution in [2.75, 3.05) is 4.90 Å². The first-order valence-electron chi connectivity index (χ1n) is 9.02. The van der Waals surface area contributed by atoms with Crippen LogP contribution in [0.15, 0.2) is 77.7 Å². The molecule has 30 heavy (non-hydrogen) atoms. The van der Waals surface area contributed by atoms with Gasteiger partial charge in [0.15, 0.2) is 4.32 Å². The van der Waals surface area contributed by atoms with Crippen molar-refractivity contribution in [1.29, 1.82) is 0 Å². The van der Waals surface area contributed by atoms with Crippen molar-refractivity contribution in [3.8, 4) is 5.75 Å². The quantitative estimate of drug-likeness (QED) is 0.191. The highest BCUT2D eigenvalue weighted by Crippen LogP contribution is 2.36. The van der Waals surface area contributed by atoms with Crippen LogP contribution >= 0.6 is 58.2 Å². The zero-order chi connectivity index (χ0) is 21.1. The van der Waals surface area contributed by atoms with E-state index in [1.165, 1.54) is 11.8 Å². The Hall–Kier alpha value is -1.87. The molecule has 3 aromatic carbocycles. The highest BCUT2D eigenvalue weighted by molar-refractivity contribution is 14.1. The van der Waals surface area contributed by atoms with Gasteiger partial charge in [-0.25, -0.2) is 0 Å². The number of halogens is 2. The number of carbonyl (C=O) groups excluding carboxylic acids is 1. The molecule has 0 radical (unpaired) electrons. The van der Waals surface area contributed by atoms with Crippen molar-refractivity contribution >= 4 is 80.2 Å². The standard InChI is InChI=1S/C23H15ClINO2S2/c24-18-9-5-4-6-16(18)14-28-20-11-10-15(12-19(20)25)13-21-22(27)26(23(29)30-21)17-7-2-1-3-8-17/h1-13H,14H2/b21-13+. The summed E-state index contributed by atoms with van der Waals surface area (Å²) < 4.78 is 7.41. The minimum atomic E-state index is -0.106. The Morgan fingerprint density at radius 1 is 1.07 bits per heavy atom. The molecule has 3 nitrogen and oxygen atoms in total. The number of nitrogens with zero attached hydrogens (tertiary/aromatic N) is 1. The van der Waals surface area contributed by atoms with E-state index in [0.717, 1.165) is 26.1 Å². The number of para-hydroxylation sites is 1. The van der Waals surface area contributed by atoms with Crippen LogP contribution in [-0.4, -0.2) is 10.2 Å². The van der Waals surface area contributed by atoms with Crippen molar-refractivity contribution in [2.45, 2.75) is 6.61 Å². The van der Waals surface area contributed by atoms with E-state index in [0.29, 0.717) is 20.9 Å². The Bertz CT molecular complexity index is 1150. The van der Waals surface area contributed by atoms with Gasteiger partial charge in [0.05, 0.1) is 14.2 Å². The van der Waals surface area contributed by atoms with Gasteiger partial charge in [-0.15, -0.1) is 0 Å². The summed E-state index contributed by atoms with van der Waals surface area (Å²) in [5, 5.41) is 0.685. The number of ether oxygens (including phenoxy) is 1. The number of amides is 1. The number of hydrogen-bond acceptors (Lipinski definition) is 4. The van der Waals surface area contributed by atoms with E-state index < -0.39 is 0 Å². The highest BCUT2D eigenvalue weighted by atomic mass is 127. The Balaban J connectivity index is 1.50. The molecule has 1 aliphatic heterocycles. The van der Waals surface area contributed by atoms with Crippen LogP contribution in [0.25, 0.3) is 6.08 Å². The molecule has 0 atom stereocenters. The van der Waals surface area contributed by atoms with Crippen molar-refractivity contribution < 1.29 is 9.53 Å². The molecule has 1 saturated heterocycles. The van der Waals surface area contributed by atoms with Crippen molar-refractivity contribution in [1.82, 2.24) is 0 Å². The van der Waals surface area contributed by atoms with Crippen molar-refractivity contribution in [2.24, 2.45) is 0 Å². The maximum Gasteiger partial charge on any atom is 0.270 e. The average molecular weight is 564 g/mol. The molecule has 0 aliphatic carbocycles. The topological polar surface area (TPSA) is 29.5 Å². The average Bonchev–Trinajstić information content (AvgIpc) is 3.02. The van der Waals surface area contributed by atoms with Crippen molar-refractivity contribution in [3.05, 3.63) is 97.4 Å². The number of hydrogen-bond donors (Lipinski definition) is 0. The number of thiocarbonyl (C=S) groups is 1. The monoisotopic (exact) mass is 563 g/mol. The smallest absolute Gasteiger partial charge is 0.270 e. The Morgan fingerprint density at radius 3 is 2.53 bits per heavy atom. The minimum absolute atomic E-state index is 0.106. The number of rotatable bonds is 5. The van der Waals surface area contributed by atoms with Crippen LogP contribution in [-0.2, 0) is 11.4 Å². The van der Waals surface area contributed by atoms with Gasteiger partial charge in [0.25, 0.3) is 5.91 Å². The predicted octanol–water partition coefficient (Wildman–Crippen LogP) is 6.93. The lowest BCUT2D eigenvalue weighted by molar-refractivity contribution is -0.113. The van der Waals surface area contributed by atoms with Crippen LogP contribution in [0.4, 0.5) is 5.69 Å². The number of thioether (sulfide) groups is 1. The lowest BCUT2D eigenvalue weighted by Crippen LogP contribution is -2.27. The van der Waals surface area contributed by atoms with E-state index in [-0.39, 0.29) is 5.91 Å². The SMILES string of the molecule is O=C1/C(=C\c2ccc(OCc3ccccc3Cl)c(I)c2)SC(=S)N1c1ccccc1. The van der Waals surface area contributed by atoms with Crippen LogP contribution < -0.4 is 9.64 Å². The van der Waals surface area contributed by atoms with E-state index in [2.05, 4.69) is 22.6 Å². The Kier molecular flexibility index (Phi) is 6.77. The maximum absolute atomic E-state index is 12.9. The van der Waals surface area contributed by atoms with Gasteiger partial charge in [-0.3, -0.25) is 9.69 Å². The van der Waals surface area contributed by atoms with Gasteiger partial charge in [0.1, 0.15) is 12.4 Å². The fourth-order valence-corrected chi connectivity index (χ4v) is 5.10. The Labute approximate surface area is 203 Å². The van der Waals surface area contributed by atoms with Crippen LogP contribution in [0.1, 0.15) is 11.1 Å². The molecule has 150 valence electrons. The molecule has 0 N–H and O–H groups in total. The first kappa shape index (κ1) is 21.4. The molecule has 1 aliphatic rings. The summed E-state index contributed by atoms with van der Waals surface area (Å²) in [7, 11) is 0. The van der Waals surface area contributed by atoms with Gasteiger partial charge in [-0.2, -0.15) is 0 Å². The lowest BCUT2D eigenvalue weighted by atomic mass is 10.2. The zero-order valence-corrected chi connectivity index (χ0v) is 20.1. The molecule has 0 spiro atoms. The summed E-state index contributed by atoms with van der Waals surface area (Å²) in [6.45, 7) is 0.394. The second-order valence-electron chi connectivity index (χ2n) is 6.42. The predicted molar refractivity (Wildman–Crippen MR) is 137 cm³/mol. The molecule has 1 amide bonds. The summed E-state index contributed by atoms with van der Waals surface area (Å²) >= 11 is 15.2. The molecule has 1 heterocycles. The second kappa shape index (κ2) is 9.51. The molecular weight excluding hydrogens is 549 g/mol. The third-order valence-corrected chi connectivity index (χ3v) is 6.92. The van der Waals surface area contributed by atoms with Crippen LogP contribution in [0.5, 0.6) is 5.75 Å². The molecular formula is C23H15ClINO2S2. The molecule has 4 rings (SSSR count). The van der Waals surface area contributed by atoms with Gasteiger partial charge in [-0.1, -0.05) is 78.0 Å². The largest absolute Gasteiger partial charge is 0.488 e. The second-order valence-corrected chi connectivity index (χ2v) is 9.67. The summed E-state index contributed by atoms with van der Waals surface area (Å²) in [5.74, 6) is 0.662. The summed E-state index contributed by atoms with van der Waals surface area (Å²) in [6, 6.07) is 22.9. The molecule has 0 saturated carbocycles. The molecule has 1 fully saturated rings. The fraction of sp³-hybridized carbons (Fsp3) is 0.0435. The third-order valence-electron chi connectivity index (χ3n) is 4.40. The fourth-order valence-electron chi connectivity index (χ4n) is 2.91. The van der Waals surface area contributed by atoms with Crippen LogP contribution in [0.2, 0.25) is 5.02 Å². The van der Waals surface area contributed by atoms with E-state index in [4.69, 9.17) is 28.6 Å². The summed E-state index contributed by atoms with van der Waals surface area (Å²) in [5.41, 5.74) is 2.63. The lowest BCUT2D eigenvalue weighted by Gasteiger charge is -2.13. The minimum Gasteiger partial charge on any atom is -0.488 e. The summed E-state index contributed by atoms with van der Waals surface area (Å²) in [6.07, 6.45) is 1.86. The van der Waals surface area contributed by atoms with Gasteiger partial charge in [0.2, 0.25) is 0 Å².